The molecule has 294 valence electrons. The lowest BCUT2D eigenvalue weighted by Crippen LogP contribution is -2.16. The molecule has 0 aromatic heterocycles. The molecule has 0 amide bonds. The largest absolute Gasteiger partial charge is 0.317 e. The van der Waals surface area contributed by atoms with Gasteiger partial charge >= 0.3 is 0 Å². The summed E-state index contributed by atoms with van der Waals surface area (Å²) in [6.45, 7) is 8.95. The standard InChI is InChI=1S/C58H52N2/c1-4-5-8-17-42(2)44-29-34-50(35-30-44)59-39-14-13-18-43(3)58-56(25-16-26-57(58)59)48-20-15-23-53(41-48)60(51-21-9-6-7-10-22-51)52-36-31-45(32-37-52)47-33-38-55-49(40-47)28-27-46-19-11-12-24-54(46)55/h5,8,11-21,23-41H,3-4,6-7,9-10,22H2,1-2H3/b8-5-,18-13-,39-14-,42-17+. The Bertz CT molecular complexity index is 2840. The van der Waals surface area contributed by atoms with Gasteiger partial charge in [0.1, 0.15) is 0 Å². The molecule has 0 spiro atoms. The number of hydrogen-bond donors (Lipinski definition) is 0. The smallest absolute Gasteiger partial charge is 0.0539 e. The summed E-state index contributed by atoms with van der Waals surface area (Å²) in [6, 6.07) is 53.8. The maximum atomic E-state index is 4.62. The lowest BCUT2D eigenvalue weighted by atomic mass is 9.91. The van der Waals surface area contributed by atoms with E-state index in [0.29, 0.717) is 0 Å². The highest BCUT2D eigenvalue weighted by Crippen LogP contribution is 2.43. The Kier molecular flexibility index (Phi) is 11.3. The van der Waals surface area contributed by atoms with Crippen LogP contribution in [0.15, 0.2) is 207 Å². The molecule has 1 heterocycles. The SMILES string of the molecule is C=C1/C=C\C=C/N(c2ccc(/C(C)=C/C=C\CC)cc2)c2cccc(-c3cccc(N(C4=CCCCCC4)c4ccc(-c5ccc6c(ccc7ccccc76)c5)cc4)c3)c21. The summed E-state index contributed by atoms with van der Waals surface area (Å²) in [5.74, 6) is 0. The summed E-state index contributed by atoms with van der Waals surface area (Å²) in [5.41, 5.74) is 15.3. The number of anilines is 4. The molecule has 7 aromatic carbocycles. The molecule has 2 heteroatoms. The molecule has 0 fully saturated rings. The van der Waals surface area contributed by atoms with E-state index in [1.807, 2.05) is 0 Å². The van der Waals surface area contributed by atoms with E-state index < -0.39 is 0 Å². The first-order valence-electron chi connectivity index (χ1n) is 21.6. The minimum Gasteiger partial charge on any atom is -0.317 e. The van der Waals surface area contributed by atoms with Crippen LogP contribution in [-0.2, 0) is 0 Å². The minimum atomic E-state index is 0.985. The van der Waals surface area contributed by atoms with Crippen LogP contribution in [0.2, 0.25) is 0 Å². The number of nitrogens with zero attached hydrogens (tertiary/aromatic N) is 2. The molecular formula is C58H52N2. The maximum absolute atomic E-state index is 4.62. The van der Waals surface area contributed by atoms with Gasteiger partial charge in [-0.25, -0.2) is 0 Å². The third-order valence-corrected chi connectivity index (χ3v) is 12.0. The highest BCUT2D eigenvalue weighted by molar-refractivity contribution is 6.08. The number of allylic oxidation sites excluding steroid dienone is 10. The van der Waals surface area contributed by atoms with Crippen molar-refractivity contribution in [1.29, 1.82) is 0 Å². The topological polar surface area (TPSA) is 6.48 Å². The summed E-state index contributed by atoms with van der Waals surface area (Å²) in [6.07, 6.45) is 24.4. The Morgan fingerprint density at radius 1 is 0.683 bits per heavy atom. The van der Waals surface area contributed by atoms with E-state index in [1.165, 1.54) is 85.7 Å². The minimum absolute atomic E-state index is 0.985. The fourth-order valence-electron chi connectivity index (χ4n) is 8.83. The van der Waals surface area contributed by atoms with Crippen molar-refractivity contribution >= 4 is 55.4 Å². The molecule has 0 N–H and O–H groups in total. The van der Waals surface area contributed by atoms with E-state index in [4.69, 9.17) is 0 Å². The van der Waals surface area contributed by atoms with Gasteiger partial charge in [0.25, 0.3) is 0 Å². The summed E-state index contributed by atoms with van der Waals surface area (Å²) >= 11 is 0. The zero-order valence-corrected chi connectivity index (χ0v) is 34.8. The van der Waals surface area contributed by atoms with Crippen molar-refractivity contribution in [3.05, 3.63) is 218 Å². The molecule has 1 aliphatic carbocycles. The van der Waals surface area contributed by atoms with E-state index in [0.717, 1.165) is 47.3 Å². The average molecular weight is 777 g/mol. The van der Waals surface area contributed by atoms with Gasteiger partial charge in [-0.05, 0) is 154 Å². The van der Waals surface area contributed by atoms with Crippen LogP contribution < -0.4 is 9.80 Å². The molecular weight excluding hydrogens is 725 g/mol. The van der Waals surface area contributed by atoms with Gasteiger partial charge in [-0.2, -0.15) is 0 Å². The van der Waals surface area contributed by atoms with Gasteiger partial charge in [-0.1, -0.05) is 153 Å². The van der Waals surface area contributed by atoms with Crippen molar-refractivity contribution in [3.63, 3.8) is 0 Å². The van der Waals surface area contributed by atoms with Crippen LogP contribution in [0.3, 0.4) is 0 Å². The second kappa shape index (κ2) is 17.5. The first-order chi connectivity index (χ1) is 29.6. The molecule has 2 aliphatic rings. The van der Waals surface area contributed by atoms with Gasteiger partial charge in [0.15, 0.2) is 0 Å². The van der Waals surface area contributed by atoms with Gasteiger partial charge in [0.05, 0.1) is 5.69 Å². The Labute approximate surface area is 356 Å². The molecule has 0 atom stereocenters. The van der Waals surface area contributed by atoms with Crippen molar-refractivity contribution in [1.82, 2.24) is 0 Å². The Morgan fingerprint density at radius 3 is 2.35 bits per heavy atom. The fourth-order valence-corrected chi connectivity index (χ4v) is 8.83. The van der Waals surface area contributed by atoms with Crippen molar-refractivity contribution in [2.24, 2.45) is 0 Å². The average Bonchev–Trinajstić information content (AvgIpc) is 3.58. The number of hydrogen-bond acceptors (Lipinski definition) is 2. The molecule has 0 radical (unpaired) electrons. The number of benzene rings is 7. The highest BCUT2D eigenvalue weighted by atomic mass is 15.1. The van der Waals surface area contributed by atoms with Crippen LogP contribution in [0.4, 0.5) is 22.7 Å². The number of fused-ring (bicyclic) bond motifs is 4. The van der Waals surface area contributed by atoms with E-state index in [1.54, 1.807) is 0 Å². The molecule has 2 nitrogen and oxygen atoms in total. The van der Waals surface area contributed by atoms with Gasteiger partial charge in [-0.3, -0.25) is 0 Å². The van der Waals surface area contributed by atoms with E-state index in [2.05, 4.69) is 225 Å². The van der Waals surface area contributed by atoms with Gasteiger partial charge in [-0.15, -0.1) is 0 Å². The molecule has 1 aliphatic heterocycles. The van der Waals surface area contributed by atoms with Gasteiger partial charge in [0, 0.05) is 34.5 Å². The van der Waals surface area contributed by atoms with Crippen LogP contribution in [0.25, 0.3) is 54.9 Å². The van der Waals surface area contributed by atoms with E-state index in [9.17, 15) is 0 Å². The van der Waals surface area contributed by atoms with Crippen molar-refractivity contribution in [2.75, 3.05) is 9.80 Å². The van der Waals surface area contributed by atoms with Crippen LogP contribution in [0.5, 0.6) is 0 Å². The van der Waals surface area contributed by atoms with Gasteiger partial charge in [0.2, 0.25) is 0 Å². The second-order valence-electron chi connectivity index (χ2n) is 16.0. The predicted octanol–water partition coefficient (Wildman–Crippen LogP) is 16.9. The van der Waals surface area contributed by atoms with Crippen molar-refractivity contribution in [2.45, 2.75) is 52.4 Å². The number of rotatable bonds is 9. The zero-order valence-electron chi connectivity index (χ0n) is 34.8. The van der Waals surface area contributed by atoms with Crippen molar-refractivity contribution < 1.29 is 0 Å². The normalized spacial score (nSPS) is 15.6. The summed E-state index contributed by atoms with van der Waals surface area (Å²) < 4.78 is 0. The Morgan fingerprint density at radius 2 is 1.48 bits per heavy atom. The Hall–Kier alpha value is -6.90. The summed E-state index contributed by atoms with van der Waals surface area (Å²) in [5, 5.41) is 5.13. The zero-order chi connectivity index (χ0) is 40.8. The molecule has 0 bridgehead atoms. The quantitative estimate of drug-likeness (QED) is 0.106. The summed E-state index contributed by atoms with van der Waals surface area (Å²) in [7, 11) is 0. The molecule has 0 unspecified atom stereocenters. The Balaban J connectivity index is 1.08. The first kappa shape index (κ1) is 38.6. The van der Waals surface area contributed by atoms with Crippen LogP contribution >= 0.6 is 0 Å². The molecule has 0 saturated heterocycles. The second-order valence-corrected chi connectivity index (χ2v) is 16.0. The monoisotopic (exact) mass is 776 g/mol. The van der Waals surface area contributed by atoms with Crippen molar-refractivity contribution in [3.8, 4) is 22.3 Å². The predicted molar refractivity (Wildman–Crippen MR) is 261 cm³/mol. The lowest BCUT2D eigenvalue weighted by Gasteiger charge is -2.29. The van der Waals surface area contributed by atoms with Crippen LogP contribution in [0, 0.1) is 0 Å². The molecule has 0 saturated carbocycles. The highest BCUT2D eigenvalue weighted by Gasteiger charge is 2.21. The third kappa shape index (κ3) is 7.94. The maximum Gasteiger partial charge on any atom is 0.0539 e. The van der Waals surface area contributed by atoms with Crippen LogP contribution in [-0.4, -0.2) is 0 Å². The molecule has 60 heavy (non-hydrogen) atoms. The van der Waals surface area contributed by atoms with Crippen LogP contribution in [0.1, 0.15) is 63.5 Å². The first-order valence-corrected chi connectivity index (χ1v) is 21.6. The molecule has 7 aromatic rings. The van der Waals surface area contributed by atoms with E-state index in [-0.39, 0.29) is 0 Å². The molecule has 9 rings (SSSR count). The third-order valence-electron chi connectivity index (χ3n) is 12.0. The lowest BCUT2D eigenvalue weighted by molar-refractivity contribution is 0.708. The fraction of sp³-hybridized carbons (Fsp3) is 0.138. The summed E-state index contributed by atoms with van der Waals surface area (Å²) in [4.78, 5) is 4.79. The van der Waals surface area contributed by atoms with E-state index >= 15 is 0 Å². The van der Waals surface area contributed by atoms with Gasteiger partial charge < -0.3 is 9.80 Å².